The van der Waals surface area contributed by atoms with Crippen LogP contribution in [0.1, 0.15) is 67.3 Å². The molecule has 0 fully saturated rings. The summed E-state index contributed by atoms with van der Waals surface area (Å²) < 4.78 is 83.7. The Balaban J connectivity index is 2.43. The standard InChI is InChI=1S/C29H34F6O4/c1-5-26(6-2,23-11-12-25(20(4)17-23)39-18-24(37)8-7-15-36)22-10-9-21(19(3)16-22)13-14-27(38,28(30,31)32)29(33,34)35/h9-12,16-17,24,36-38H,5-8,15,18H2,1-4H3/t24-/m0/s1. The molecular formula is C29H34F6O4. The normalized spacial score (nSPS) is 13.6. The van der Waals surface area contributed by atoms with Crippen LogP contribution in [-0.4, -0.2) is 52.6 Å². The van der Waals surface area contributed by atoms with E-state index in [2.05, 4.69) is 0 Å². The summed E-state index contributed by atoms with van der Waals surface area (Å²) in [5.41, 5.74) is -2.77. The lowest BCUT2D eigenvalue weighted by molar-refractivity contribution is -0.343. The molecule has 0 aliphatic rings. The smallest absolute Gasteiger partial charge is 0.438 e. The molecule has 0 aromatic heterocycles. The van der Waals surface area contributed by atoms with Gasteiger partial charge in [-0.05, 0) is 79.8 Å². The summed E-state index contributed by atoms with van der Waals surface area (Å²) in [6.07, 6.45) is -10.6. The molecule has 0 unspecified atom stereocenters. The van der Waals surface area contributed by atoms with Gasteiger partial charge < -0.3 is 20.1 Å². The second-order valence-corrected chi connectivity index (χ2v) is 9.59. The van der Waals surface area contributed by atoms with Crippen molar-refractivity contribution in [2.75, 3.05) is 13.2 Å². The highest BCUT2D eigenvalue weighted by Crippen LogP contribution is 2.43. The predicted octanol–water partition coefficient (Wildman–Crippen LogP) is 6.13. The number of aryl methyl sites for hydroxylation is 2. The Morgan fingerprint density at radius 2 is 1.41 bits per heavy atom. The van der Waals surface area contributed by atoms with E-state index in [-0.39, 0.29) is 18.8 Å². The number of alkyl halides is 6. The topological polar surface area (TPSA) is 69.9 Å². The quantitative estimate of drug-likeness (QED) is 0.242. The molecule has 4 nitrogen and oxygen atoms in total. The summed E-state index contributed by atoms with van der Waals surface area (Å²) in [6.45, 7) is 7.42. The monoisotopic (exact) mass is 560 g/mol. The summed E-state index contributed by atoms with van der Waals surface area (Å²) in [7, 11) is 0. The molecule has 0 saturated heterocycles. The van der Waals surface area contributed by atoms with Gasteiger partial charge in [-0.25, -0.2) is 0 Å². The highest BCUT2D eigenvalue weighted by atomic mass is 19.4. The molecule has 2 aromatic carbocycles. The average molecular weight is 561 g/mol. The van der Waals surface area contributed by atoms with Crippen LogP contribution in [0.15, 0.2) is 36.4 Å². The minimum Gasteiger partial charge on any atom is -0.491 e. The highest BCUT2D eigenvalue weighted by Gasteiger charge is 2.70. The van der Waals surface area contributed by atoms with Gasteiger partial charge in [-0.1, -0.05) is 44.0 Å². The molecule has 0 amide bonds. The van der Waals surface area contributed by atoms with Gasteiger partial charge in [0.25, 0.3) is 0 Å². The second-order valence-electron chi connectivity index (χ2n) is 9.59. The van der Waals surface area contributed by atoms with Gasteiger partial charge in [-0.2, -0.15) is 26.3 Å². The largest absolute Gasteiger partial charge is 0.491 e. The van der Waals surface area contributed by atoms with Gasteiger partial charge in [0, 0.05) is 17.6 Å². The van der Waals surface area contributed by atoms with Crippen molar-refractivity contribution in [3.8, 4) is 17.6 Å². The maximum absolute atomic E-state index is 13.0. The van der Waals surface area contributed by atoms with E-state index in [9.17, 15) is 36.6 Å². The van der Waals surface area contributed by atoms with Crippen LogP contribution in [0.25, 0.3) is 0 Å². The SMILES string of the molecule is CCC(CC)(c1ccc(C#CC(O)(C(F)(F)F)C(F)(F)F)c(C)c1)c1ccc(OC[C@@H](O)CCCO)c(C)c1. The number of rotatable bonds is 10. The molecule has 2 rings (SSSR count). The number of hydrogen-bond acceptors (Lipinski definition) is 4. The summed E-state index contributed by atoms with van der Waals surface area (Å²) in [5.74, 6) is 3.48. The molecule has 10 heteroatoms. The Morgan fingerprint density at radius 3 is 1.87 bits per heavy atom. The Kier molecular flexibility index (Phi) is 10.5. The zero-order chi connectivity index (χ0) is 29.6. The van der Waals surface area contributed by atoms with Crippen LogP contribution < -0.4 is 4.74 Å². The Hall–Kier alpha value is -2.74. The lowest BCUT2D eigenvalue weighted by Gasteiger charge is -2.34. The van der Waals surface area contributed by atoms with Crippen LogP contribution >= 0.6 is 0 Å². The maximum Gasteiger partial charge on any atom is 0.438 e. The van der Waals surface area contributed by atoms with Crippen molar-refractivity contribution < 1.29 is 46.4 Å². The van der Waals surface area contributed by atoms with Gasteiger partial charge in [-0.3, -0.25) is 0 Å². The van der Waals surface area contributed by atoms with E-state index >= 15 is 0 Å². The fraction of sp³-hybridized carbons (Fsp3) is 0.517. The van der Waals surface area contributed by atoms with Gasteiger partial charge in [0.1, 0.15) is 12.4 Å². The van der Waals surface area contributed by atoms with Crippen molar-refractivity contribution >= 4 is 0 Å². The number of hydrogen-bond donors (Lipinski definition) is 3. The number of halogens is 6. The maximum atomic E-state index is 13.0. The van der Waals surface area contributed by atoms with Crippen molar-refractivity contribution in [1.82, 2.24) is 0 Å². The molecular weight excluding hydrogens is 526 g/mol. The van der Waals surface area contributed by atoms with E-state index in [1.807, 2.05) is 38.8 Å². The van der Waals surface area contributed by atoms with Crippen LogP contribution in [0.3, 0.4) is 0 Å². The zero-order valence-electron chi connectivity index (χ0n) is 22.3. The first kappa shape index (κ1) is 32.5. The molecule has 0 aliphatic carbocycles. The molecule has 0 heterocycles. The first-order valence-electron chi connectivity index (χ1n) is 12.6. The van der Waals surface area contributed by atoms with Gasteiger partial charge in [0.15, 0.2) is 0 Å². The molecule has 0 radical (unpaired) electrons. The average Bonchev–Trinajstić information content (AvgIpc) is 2.86. The van der Waals surface area contributed by atoms with Crippen LogP contribution in [0.5, 0.6) is 5.75 Å². The van der Waals surface area contributed by atoms with Gasteiger partial charge in [0.2, 0.25) is 0 Å². The predicted molar refractivity (Wildman–Crippen MR) is 135 cm³/mol. The van der Waals surface area contributed by atoms with E-state index in [4.69, 9.17) is 9.84 Å². The Morgan fingerprint density at radius 1 is 0.872 bits per heavy atom. The van der Waals surface area contributed by atoms with E-state index in [1.54, 1.807) is 18.2 Å². The Labute approximate surface area is 224 Å². The Bertz CT molecular complexity index is 1160. The van der Waals surface area contributed by atoms with Crippen molar-refractivity contribution in [3.05, 3.63) is 64.2 Å². The van der Waals surface area contributed by atoms with Crippen LogP contribution in [0.4, 0.5) is 26.3 Å². The van der Waals surface area contributed by atoms with Crippen molar-refractivity contribution in [1.29, 1.82) is 0 Å². The van der Waals surface area contributed by atoms with Crippen LogP contribution in [0, 0.1) is 25.7 Å². The summed E-state index contributed by atoms with van der Waals surface area (Å²) in [5, 5.41) is 28.2. The number of ether oxygens (including phenoxy) is 1. The second kappa shape index (κ2) is 12.6. The minimum absolute atomic E-state index is 0.0166. The van der Waals surface area contributed by atoms with Crippen molar-refractivity contribution in [2.24, 2.45) is 0 Å². The minimum atomic E-state index is -6.02. The first-order chi connectivity index (χ1) is 18.1. The number of aliphatic hydroxyl groups excluding tert-OH is 2. The fourth-order valence-corrected chi connectivity index (χ4v) is 4.50. The molecule has 0 bridgehead atoms. The van der Waals surface area contributed by atoms with Crippen LogP contribution in [0.2, 0.25) is 0 Å². The molecule has 39 heavy (non-hydrogen) atoms. The zero-order valence-corrected chi connectivity index (χ0v) is 22.3. The summed E-state index contributed by atoms with van der Waals surface area (Å²) in [4.78, 5) is 0. The fourth-order valence-electron chi connectivity index (χ4n) is 4.50. The van der Waals surface area contributed by atoms with Crippen LogP contribution in [-0.2, 0) is 5.41 Å². The molecule has 0 saturated carbocycles. The van der Waals surface area contributed by atoms with E-state index in [1.165, 1.54) is 13.0 Å². The summed E-state index contributed by atoms with van der Waals surface area (Å²) >= 11 is 0. The summed E-state index contributed by atoms with van der Waals surface area (Å²) in [6, 6.07) is 10.3. The van der Waals surface area contributed by atoms with Crippen molar-refractivity contribution in [3.63, 3.8) is 0 Å². The third-order valence-electron chi connectivity index (χ3n) is 7.04. The molecule has 0 spiro atoms. The number of benzene rings is 2. The van der Waals surface area contributed by atoms with Gasteiger partial charge >= 0.3 is 18.0 Å². The molecule has 3 N–H and O–H groups in total. The molecule has 1 atom stereocenters. The van der Waals surface area contributed by atoms with Gasteiger partial charge in [-0.15, -0.1) is 0 Å². The van der Waals surface area contributed by atoms with E-state index in [0.29, 0.717) is 37.0 Å². The number of aliphatic hydroxyl groups is 3. The van der Waals surface area contributed by atoms with Gasteiger partial charge in [0.05, 0.1) is 6.10 Å². The van der Waals surface area contributed by atoms with Crippen molar-refractivity contribution in [2.45, 2.75) is 82.9 Å². The molecule has 2 aromatic rings. The van der Waals surface area contributed by atoms with E-state index < -0.39 is 29.5 Å². The molecule has 216 valence electrons. The lowest BCUT2D eigenvalue weighted by Crippen LogP contribution is -2.55. The van der Waals surface area contributed by atoms with E-state index in [0.717, 1.165) is 22.6 Å². The third-order valence-corrected chi connectivity index (χ3v) is 7.04. The lowest BCUT2D eigenvalue weighted by atomic mass is 9.70. The molecule has 0 aliphatic heterocycles. The third kappa shape index (κ3) is 7.07. The highest BCUT2D eigenvalue weighted by molar-refractivity contribution is 5.50. The first-order valence-corrected chi connectivity index (χ1v) is 12.6.